The van der Waals surface area contributed by atoms with Crippen molar-refractivity contribution < 1.29 is 42.7 Å². The molecule has 0 fully saturated rings. The Morgan fingerprint density at radius 3 is 1.61 bits per heavy atom. The molecule has 8 rings (SSSR count). The highest BCUT2D eigenvalue weighted by atomic mass is 16.5. The monoisotopic (exact) mass is 906 g/mol. The quantitative estimate of drug-likeness (QED) is 0.0895. The van der Waals surface area contributed by atoms with E-state index in [1.54, 1.807) is 81.9 Å². The van der Waals surface area contributed by atoms with Gasteiger partial charge in [-0.05, 0) is 95.5 Å². The van der Waals surface area contributed by atoms with Crippen LogP contribution in [0.2, 0.25) is 0 Å². The van der Waals surface area contributed by atoms with Gasteiger partial charge in [0, 0.05) is 68.1 Å². The normalized spacial score (nSPS) is 14.3. The Bertz CT molecular complexity index is 2510. The van der Waals surface area contributed by atoms with Crippen molar-refractivity contribution in [1.82, 2.24) is 29.7 Å². The zero-order valence-corrected chi connectivity index (χ0v) is 39.0. The van der Waals surface area contributed by atoms with Gasteiger partial charge in [-0.25, -0.2) is 14.8 Å². The number of carbonyl (C=O) groups excluding carboxylic acids is 1. The number of urea groups is 1. The molecule has 0 aliphatic heterocycles. The van der Waals surface area contributed by atoms with Crippen LogP contribution in [0.5, 0.6) is 46.0 Å². The minimum absolute atomic E-state index is 0.0656. The summed E-state index contributed by atoms with van der Waals surface area (Å²) in [6, 6.07) is 15.3. The first-order valence-corrected chi connectivity index (χ1v) is 21.6. The minimum Gasteiger partial charge on any atom is -0.497 e. The SMILES string of the molecule is COc1ccc2c(c1)[C@@H](N)CCc1cc(OC)c(OC)c(OC)c1-2.COc1ccc2c(c1)[C@@H](NC(=O)NCCn1ccnc1)CCc1cc(OC)c(OC)c(OC)c1-2.NCCn1ccnc1. The molecule has 2 amide bonds. The Kier molecular flexibility index (Phi) is 17.0. The standard InChI is InChI=1S/C25H30N4O5.C19H23NO4.C5H9N3/c1-31-17-6-7-18-19(14-17)20(28-25(30)27-10-12-29-11-9-26-15-29)8-5-16-13-21(32-2)23(33-3)24(34-4)22(16)18;1-21-12-6-7-13-14(10-12)15(20)8-5-11-9-16(22-2)18(23-3)19(24-4)17(11)13;6-1-3-8-4-2-7-5-8/h6-7,9,11,13-15,20H,5,8,10,12H2,1-4H3,(H2,27,28,30);6-7,9-10,15H,5,8,20H2,1-4H3;2,4-5H,1,3,6H2/t20-;15-;/m00./s1. The lowest BCUT2D eigenvalue weighted by atomic mass is 9.93. The van der Waals surface area contributed by atoms with E-state index in [2.05, 4.69) is 20.6 Å². The Morgan fingerprint density at radius 2 is 1.14 bits per heavy atom. The molecule has 4 aromatic carbocycles. The number of methoxy groups -OCH3 is 8. The number of carbonyl (C=O) groups is 1. The predicted octanol–water partition coefficient (Wildman–Crippen LogP) is 6.75. The molecule has 0 saturated carbocycles. The molecule has 2 atom stereocenters. The van der Waals surface area contributed by atoms with Crippen LogP contribution >= 0.6 is 0 Å². The molecule has 0 bridgehead atoms. The Hall–Kier alpha value is -7.11. The highest BCUT2D eigenvalue weighted by Gasteiger charge is 2.31. The van der Waals surface area contributed by atoms with E-state index >= 15 is 0 Å². The van der Waals surface area contributed by atoms with E-state index < -0.39 is 0 Å². The van der Waals surface area contributed by atoms with Crippen LogP contribution in [-0.4, -0.2) is 95.1 Å². The zero-order valence-electron chi connectivity index (χ0n) is 39.0. The van der Waals surface area contributed by atoms with Crippen LogP contribution in [0.25, 0.3) is 22.3 Å². The average Bonchev–Trinajstić information content (AvgIpc) is 4.03. The fraction of sp³-hybridized carbons (Fsp3) is 0.367. The van der Waals surface area contributed by atoms with Crippen molar-refractivity contribution in [3.8, 4) is 68.2 Å². The molecule has 0 radical (unpaired) electrons. The molecule has 0 unspecified atom stereocenters. The van der Waals surface area contributed by atoms with E-state index in [4.69, 9.17) is 49.4 Å². The number of nitrogens with two attached hydrogens (primary N) is 2. The summed E-state index contributed by atoms with van der Waals surface area (Å²) >= 11 is 0. The molecule has 17 nitrogen and oxygen atoms in total. The van der Waals surface area contributed by atoms with Gasteiger partial charge in [0.1, 0.15) is 11.5 Å². The van der Waals surface area contributed by atoms with Crippen LogP contribution in [0.1, 0.15) is 47.2 Å². The fourth-order valence-corrected chi connectivity index (χ4v) is 8.35. The Balaban J connectivity index is 0.000000194. The van der Waals surface area contributed by atoms with Crippen molar-refractivity contribution >= 4 is 6.03 Å². The number of amides is 2. The van der Waals surface area contributed by atoms with Crippen LogP contribution in [-0.2, 0) is 25.9 Å². The third kappa shape index (κ3) is 10.9. The third-order valence-corrected chi connectivity index (χ3v) is 11.5. The summed E-state index contributed by atoms with van der Waals surface area (Å²) in [5, 5.41) is 6.08. The molecule has 17 heteroatoms. The number of fused-ring (bicyclic) bond motifs is 6. The first kappa shape index (κ1) is 48.3. The summed E-state index contributed by atoms with van der Waals surface area (Å²) in [5.41, 5.74) is 19.9. The van der Waals surface area contributed by atoms with E-state index in [0.717, 1.165) is 69.6 Å². The molecule has 6 aromatic rings. The van der Waals surface area contributed by atoms with Crippen LogP contribution in [0, 0.1) is 0 Å². The van der Waals surface area contributed by atoms with Crippen molar-refractivity contribution in [1.29, 1.82) is 0 Å². The summed E-state index contributed by atoms with van der Waals surface area (Å²) in [6.07, 6.45) is 13.8. The van der Waals surface area contributed by atoms with Gasteiger partial charge in [0.05, 0.1) is 75.6 Å². The number of aryl methyl sites for hydroxylation is 2. The Labute approximate surface area is 386 Å². The van der Waals surface area contributed by atoms with Gasteiger partial charge in [-0.1, -0.05) is 12.1 Å². The number of imidazole rings is 2. The van der Waals surface area contributed by atoms with Gasteiger partial charge < -0.3 is 69.1 Å². The van der Waals surface area contributed by atoms with Crippen LogP contribution < -0.4 is 60.0 Å². The summed E-state index contributed by atoms with van der Waals surface area (Å²) in [5.74, 6) is 5.20. The number of nitrogens with zero attached hydrogens (tertiary/aromatic N) is 4. The smallest absolute Gasteiger partial charge is 0.315 e. The number of nitrogens with one attached hydrogen (secondary N) is 2. The second kappa shape index (κ2) is 23.2. The largest absolute Gasteiger partial charge is 0.497 e. The number of hydrogen-bond acceptors (Lipinski definition) is 13. The first-order chi connectivity index (χ1) is 32.2. The number of benzene rings is 4. The second-order valence-corrected chi connectivity index (χ2v) is 15.3. The lowest BCUT2D eigenvalue weighted by Crippen LogP contribution is -2.39. The molecule has 352 valence electrons. The highest BCUT2D eigenvalue weighted by Crippen LogP contribution is 2.52. The van der Waals surface area contributed by atoms with E-state index in [9.17, 15) is 4.79 Å². The second-order valence-electron chi connectivity index (χ2n) is 15.3. The molecule has 2 aliphatic rings. The van der Waals surface area contributed by atoms with Gasteiger partial charge in [-0.15, -0.1) is 0 Å². The maximum atomic E-state index is 12.8. The molecule has 2 aromatic heterocycles. The fourth-order valence-electron chi connectivity index (χ4n) is 8.35. The molecular formula is C49H62N8O9. The van der Waals surface area contributed by atoms with Crippen molar-refractivity contribution in [3.63, 3.8) is 0 Å². The van der Waals surface area contributed by atoms with E-state index in [1.165, 1.54) is 0 Å². The van der Waals surface area contributed by atoms with Gasteiger partial charge in [-0.3, -0.25) is 0 Å². The van der Waals surface area contributed by atoms with Gasteiger partial charge >= 0.3 is 6.03 Å². The molecule has 2 aliphatic carbocycles. The van der Waals surface area contributed by atoms with Crippen LogP contribution in [0.4, 0.5) is 4.79 Å². The zero-order chi connectivity index (χ0) is 47.2. The highest BCUT2D eigenvalue weighted by molar-refractivity contribution is 5.85. The summed E-state index contributed by atoms with van der Waals surface area (Å²) < 4.78 is 48.4. The maximum absolute atomic E-state index is 12.8. The van der Waals surface area contributed by atoms with Crippen molar-refractivity contribution in [2.24, 2.45) is 11.5 Å². The van der Waals surface area contributed by atoms with Crippen molar-refractivity contribution in [3.05, 3.63) is 108 Å². The third-order valence-electron chi connectivity index (χ3n) is 11.5. The van der Waals surface area contributed by atoms with Gasteiger partial charge in [0.25, 0.3) is 0 Å². The number of aromatic nitrogens is 4. The molecule has 0 spiro atoms. The first-order valence-electron chi connectivity index (χ1n) is 21.6. The summed E-state index contributed by atoms with van der Waals surface area (Å²) in [6.45, 7) is 2.67. The van der Waals surface area contributed by atoms with E-state index in [0.29, 0.717) is 72.7 Å². The lowest BCUT2D eigenvalue weighted by Gasteiger charge is -2.22. The summed E-state index contributed by atoms with van der Waals surface area (Å²) in [7, 11) is 13.0. The van der Waals surface area contributed by atoms with Crippen LogP contribution in [0.3, 0.4) is 0 Å². The molecular weight excluding hydrogens is 845 g/mol. The number of ether oxygens (including phenoxy) is 8. The predicted molar refractivity (Wildman–Crippen MR) is 253 cm³/mol. The van der Waals surface area contributed by atoms with Crippen molar-refractivity contribution in [2.75, 3.05) is 70.0 Å². The molecule has 0 saturated heterocycles. The molecule has 6 N–H and O–H groups in total. The van der Waals surface area contributed by atoms with Crippen LogP contribution in [0.15, 0.2) is 86.0 Å². The summed E-state index contributed by atoms with van der Waals surface area (Å²) in [4.78, 5) is 20.6. The minimum atomic E-state index is -0.230. The molecule has 2 heterocycles. The topological polar surface area (TPSA) is 203 Å². The molecule has 66 heavy (non-hydrogen) atoms. The average molecular weight is 907 g/mol. The number of rotatable bonds is 14. The van der Waals surface area contributed by atoms with Gasteiger partial charge in [-0.2, -0.15) is 0 Å². The van der Waals surface area contributed by atoms with Gasteiger partial charge in [0.15, 0.2) is 23.0 Å². The van der Waals surface area contributed by atoms with E-state index in [1.807, 2.05) is 70.1 Å². The van der Waals surface area contributed by atoms with Crippen molar-refractivity contribution in [2.45, 2.75) is 50.9 Å². The Morgan fingerprint density at radius 1 is 0.636 bits per heavy atom. The maximum Gasteiger partial charge on any atom is 0.315 e. The number of hydrogen-bond donors (Lipinski definition) is 4. The lowest BCUT2D eigenvalue weighted by molar-refractivity contribution is 0.236. The van der Waals surface area contributed by atoms with Gasteiger partial charge in [0.2, 0.25) is 11.5 Å². The van der Waals surface area contributed by atoms with E-state index in [-0.39, 0.29) is 18.1 Å².